The highest BCUT2D eigenvalue weighted by Gasteiger charge is 2.28. The van der Waals surface area contributed by atoms with Crippen molar-refractivity contribution in [3.05, 3.63) is 29.7 Å². The summed E-state index contributed by atoms with van der Waals surface area (Å²) < 4.78 is 12.5. The van der Waals surface area contributed by atoms with Crippen molar-refractivity contribution in [2.75, 3.05) is 24.6 Å². The molecule has 0 spiro atoms. The first kappa shape index (κ1) is 17.3. The molecule has 8 nitrogen and oxygen atoms in total. The maximum absolute atomic E-state index is 12.3. The average molecular weight is 345 g/mol. The Hall–Kier alpha value is -2.48. The maximum atomic E-state index is 12.3. The van der Waals surface area contributed by atoms with Crippen molar-refractivity contribution in [1.29, 1.82) is 0 Å². The van der Waals surface area contributed by atoms with Gasteiger partial charge in [0.15, 0.2) is 0 Å². The fraction of sp³-hybridized carbons (Fsp3) is 0.529. The van der Waals surface area contributed by atoms with E-state index in [9.17, 15) is 4.79 Å². The Balaban J connectivity index is 2.02. The van der Waals surface area contributed by atoms with Crippen LogP contribution >= 0.6 is 0 Å². The molecule has 0 aromatic carbocycles. The Morgan fingerprint density at radius 3 is 2.64 bits per heavy atom. The summed E-state index contributed by atoms with van der Waals surface area (Å²) in [6.07, 6.45) is 5.18. The third-order valence-corrected chi connectivity index (χ3v) is 3.89. The van der Waals surface area contributed by atoms with Crippen molar-refractivity contribution >= 4 is 11.8 Å². The molecule has 2 atom stereocenters. The number of anilines is 1. The molecule has 0 bridgehead atoms. The van der Waals surface area contributed by atoms with E-state index >= 15 is 0 Å². The van der Waals surface area contributed by atoms with Crippen molar-refractivity contribution in [3.8, 4) is 5.95 Å². The van der Waals surface area contributed by atoms with Crippen molar-refractivity contribution in [1.82, 2.24) is 19.7 Å². The minimum Gasteiger partial charge on any atom is -0.462 e. The van der Waals surface area contributed by atoms with Crippen LogP contribution in [0.2, 0.25) is 0 Å². The molecule has 0 saturated carbocycles. The van der Waals surface area contributed by atoms with E-state index in [2.05, 4.69) is 15.1 Å². The first-order chi connectivity index (χ1) is 12.0. The summed E-state index contributed by atoms with van der Waals surface area (Å²) in [5.41, 5.74) is 1.36. The minimum absolute atomic E-state index is 0.0455. The molecule has 25 heavy (non-hydrogen) atoms. The number of hydrogen-bond acceptors (Lipinski definition) is 7. The van der Waals surface area contributed by atoms with Gasteiger partial charge in [-0.1, -0.05) is 0 Å². The van der Waals surface area contributed by atoms with Gasteiger partial charge in [0.25, 0.3) is 5.95 Å². The van der Waals surface area contributed by atoms with Crippen molar-refractivity contribution in [3.63, 3.8) is 0 Å². The van der Waals surface area contributed by atoms with Crippen LogP contribution in [0.4, 0.5) is 5.82 Å². The lowest BCUT2D eigenvalue weighted by Crippen LogP contribution is -2.46. The quantitative estimate of drug-likeness (QED) is 0.781. The van der Waals surface area contributed by atoms with Gasteiger partial charge in [-0.15, -0.1) is 0 Å². The third kappa shape index (κ3) is 3.79. The molecule has 8 heteroatoms. The molecule has 0 aliphatic carbocycles. The van der Waals surface area contributed by atoms with E-state index in [1.165, 1.54) is 6.20 Å². The van der Waals surface area contributed by atoms with Crippen molar-refractivity contribution in [2.24, 2.45) is 0 Å². The predicted molar refractivity (Wildman–Crippen MR) is 92.1 cm³/mol. The number of carbonyl (C=O) groups excluding carboxylic acids is 1. The van der Waals surface area contributed by atoms with Crippen LogP contribution in [0, 0.1) is 6.92 Å². The van der Waals surface area contributed by atoms with Gasteiger partial charge in [-0.05, 0) is 33.3 Å². The van der Waals surface area contributed by atoms with E-state index in [-0.39, 0.29) is 12.2 Å². The zero-order valence-corrected chi connectivity index (χ0v) is 15.0. The molecule has 1 fully saturated rings. The average Bonchev–Trinajstić information content (AvgIpc) is 3.00. The zero-order valence-electron chi connectivity index (χ0n) is 15.0. The summed E-state index contributed by atoms with van der Waals surface area (Å²) in [7, 11) is 0. The minimum atomic E-state index is -0.424. The Bertz CT molecular complexity index is 750. The second-order valence-corrected chi connectivity index (χ2v) is 6.25. The number of aryl methyl sites for hydroxylation is 1. The van der Waals surface area contributed by atoms with Crippen LogP contribution in [-0.4, -0.2) is 57.6 Å². The first-order valence-corrected chi connectivity index (χ1v) is 8.44. The lowest BCUT2D eigenvalue weighted by molar-refractivity contribution is -0.00561. The van der Waals surface area contributed by atoms with Gasteiger partial charge in [0.2, 0.25) is 0 Å². The van der Waals surface area contributed by atoms with Crippen LogP contribution in [0.25, 0.3) is 5.95 Å². The molecule has 0 amide bonds. The van der Waals surface area contributed by atoms with Gasteiger partial charge in [0, 0.05) is 25.5 Å². The maximum Gasteiger partial charge on any atom is 0.343 e. The second kappa shape index (κ2) is 7.18. The summed E-state index contributed by atoms with van der Waals surface area (Å²) in [6.45, 7) is 9.32. The highest BCUT2D eigenvalue weighted by molar-refractivity contribution is 5.94. The fourth-order valence-corrected chi connectivity index (χ4v) is 2.94. The molecular formula is C17H23N5O3. The van der Waals surface area contributed by atoms with E-state index < -0.39 is 5.97 Å². The number of aromatic nitrogens is 4. The monoisotopic (exact) mass is 345 g/mol. The summed E-state index contributed by atoms with van der Waals surface area (Å²) in [5, 5.41) is 4.25. The Morgan fingerprint density at radius 1 is 1.32 bits per heavy atom. The number of morpholine rings is 1. The molecule has 0 radical (unpaired) electrons. The fourth-order valence-electron chi connectivity index (χ4n) is 2.94. The molecular weight excluding hydrogens is 322 g/mol. The smallest absolute Gasteiger partial charge is 0.343 e. The molecule has 1 saturated heterocycles. The molecule has 2 unspecified atom stereocenters. The third-order valence-electron chi connectivity index (χ3n) is 3.89. The number of carbonyl (C=O) groups is 1. The Morgan fingerprint density at radius 2 is 2.04 bits per heavy atom. The van der Waals surface area contributed by atoms with Gasteiger partial charge in [-0.3, -0.25) is 0 Å². The summed E-state index contributed by atoms with van der Waals surface area (Å²) in [5.74, 6) is 0.550. The zero-order chi connectivity index (χ0) is 18.0. The summed E-state index contributed by atoms with van der Waals surface area (Å²) in [4.78, 5) is 23.3. The van der Waals surface area contributed by atoms with Gasteiger partial charge in [0.05, 0.1) is 25.0 Å². The molecule has 2 aromatic rings. The highest BCUT2D eigenvalue weighted by Crippen LogP contribution is 2.24. The number of rotatable bonds is 4. The standard InChI is InChI=1S/C17H23N5O3/c1-5-24-16(23)14-7-18-17(22-8-11(2)6-19-22)20-15(14)21-9-12(3)25-13(4)10-21/h6-8,12-13H,5,9-10H2,1-4H3. The normalized spacial score (nSPS) is 20.6. The first-order valence-electron chi connectivity index (χ1n) is 8.44. The van der Waals surface area contributed by atoms with E-state index in [0.29, 0.717) is 37.0 Å². The highest BCUT2D eigenvalue weighted by atomic mass is 16.5. The van der Waals surface area contributed by atoms with Gasteiger partial charge >= 0.3 is 5.97 Å². The van der Waals surface area contributed by atoms with Crippen LogP contribution in [0.1, 0.15) is 36.7 Å². The number of esters is 1. The van der Waals surface area contributed by atoms with Crippen LogP contribution in [0.15, 0.2) is 18.6 Å². The van der Waals surface area contributed by atoms with E-state index in [1.807, 2.05) is 31.9 Å². The Labute approximate surface area is 146 Å². The van der Waals surface area contributed by atoms with E-state index in [0.717, 1.165) is 5.56 Å². The van der Waals surface area contributed by atoms with Gasteiger partial charge in [-0.2, -0.15) is 10.1 Å². The van der Waals surface area contributed by atoms with Crippen LogP contribution < -0.4 is 4.90 Å². The van der Waals surface area contributed by atoms with Gasteiger partial charge in [-0.25, -0.2) is 14.5 Å². The van der Waals surface area contributed by atoms with Crippen molar-refractivity contribution in [2.45, 2.75) is 39.9 Å². The SMILES string of the molecule is CCOC(=O)c1cnc(-n2cc(C)cn2)nc1N1CC(C)OC(C)C1. The van der Waals surface area contributed by atoms with Gasteiger partial charge < -0.3 is 14.4 Å². The molecule has 3 rings (SSSR count). The molecule has 0 N–H and O–H groups in total. The summed E-state index contributed by atoms with van der Waals surface area (Å²) >= 11 is 0. The predicted octanol–water partition coefficient (Wildman–Crippen LogP) is 1.76. The lowest BCUT2D eigenvalue weighted by atomic mass is 10.2. The number of hydrogen-bond donors (Lipinski definition) is 0. The number of ether oxygens (including phenoxy) is 2. The molecule has 1 aliphatic heterocycles. The molecule has 134 valence electrons. The molecule has 2 aromatic heterocycles. The van der Waals surface area contributed by atoms with Gasteiger partial charge in [0.1, 0.15) is 11.4 Å². The van der Waals surface area contributed by atoms with Crippen molar-refractivity contribution < 1.29 is 14.3 Å². The van der Waals surface area contributed by atoms with E-state index in [4.69, 9.17) is 9.47 Å². The number of nitrogens with zero attached hydrogens (tertiary/aromatic N) is 5. The van der Waals surface area contributed by atoms with Crippen LogP contribution in [0.5, 0.6) is 0 Å². The Kier molecular flexibility index (Phi) is 4.98. The lowest BCUT2D eigenvalue weighted by Gasteiger charge is -2.36. The topological polar surface area (TPSA) is 82.4 Å². The largest absolute Gasteiger partial charge is 0.462 e. The van der Waals surface area contributed by atoms with Crippen LogP contribution in [0.3, 0.4) is 0 Å². The molecule has 1 aliphatic rings. The van der Waals surface area contributed by atoms with E-state index in [1.54, 1.807) is 17.8 Å². The second-order valence-electron chi connectivity index (χ2n) is 6.25. The molecule has 3 heterocycles. The van der Waals surface area contributed by atoms with Crippen LogP contribution in [-0.2, 0) is 9.47 Å². The summed E-state index contributed by atoms with van der Waals surface area (Å²) in [6, 6.07) is 0.